The van der Waals surface area contributed by atoms with Crippen LogP contribution in [0.5, 0.6) is 5.88 Å². The van der Waals surface area contributed by atoms with E-state index in [1.807, 2.05) is 0 Å². The first-order valence-corrected chi connectivity index (χ1v) is 8.81. The third-order valence-corrected chi connectivity index (χ3v) is 3.87. The van der Waals surface area contributed by atoms with E-state index >= 15 is 0 Å². The summed E-state index contributed by atoms with van der Waals surface area (Å²) in [6, 6.07) is 3.02. The molecule has 0 unspecified atom stereocenters. The molecule has 2 N–H and O–H groups in total. The van der Waals surface area contributed by atoms with E-state index in [9.17, 15) is 22.8 Å². The molecule has 0 radical (unpaired) electrons. The van der Waals surface area contributed by atoms with Crippen molar-refractivity contribution in [2.75, 3.05) is 6.61 Å². The van der Waals surface area contributed by atoms with Crippen molar-refractivity contribution >= 4 is 11.9 Å². The molecule has 0 aliphatic heterocycles. The van der Waals surface area contributed by atoms with Gasteiger partial charge in [-0.3, -0.25) is 4.79 Å². The molecule has 0 aliphatic carbocycles. The Morgan fingerprint density at radius 1 is 1.28 bits per heavy atom. The second-order valence-corrected chi connectivity index (χ2v) is 6.63. The molecule has 0 fully saturated rings. The molecular weight excluding hydrogens is 391 g/mol. The summed E-state index contributed by atoms with van der Waals surface area (Å²) in [7, 11) is 0. The van der Waals surface area contributed by atoms with Gasteiger partial charge in [0.2, 0.25) is 5.88 Å². The molecule has 0 atom stereocenters. The van der Waals surface area contributed by atoms with Crippen LogP contribution in [-0.4, -0.2) is 40.7 Å². The molecule has 29 heavy (non-hydrogen) atoms. The Balaban J connectivity index is 2.12. The first kappa shape index (κ1) is 22.3. The van der Waals surface area contributed by atoms with E-state index in [4.69, 9.17) is 9.47 Å². The van der Waals surface area contributed by atoms with Crippen LogP contribution in [0.15, 0.2) is 18.3 Å². The van der Waals surface area contributed by atoms with Gasteiger partial charge in [0, 0.05) is 24.0 Å². The Morgan fingerprint density at radius 2 is 1.97 bits per heavy atom. The van der Waals surface area contributed by atoms with Gasteiger partial charge in [-0.1, -0.05) is 6.07 Å². The third kappa shape index (κ3) is 5.97. The molecule has 158 valence electrons. The van der Waals surface area contributed by atoms with Crippen LogP contribution in [0.3, 0.4) is 0 Å². The number of halogens is 3. The molecule has 0 saturated heterocycles. The van der Waals surface area contributed by atoms with E-state index in [0.717, 1.165) is 0 Å². The average Bonchev–Trinajstić information content (AvgIpc) is 2.91. The maximum Gasteiger partial charge on any atom is 0.422 e. The first-order chi connectivity index (χ1) is 13.5. The molecule has 0 aromatic carbocycles. The molecule has 7 nitrogen and oxygen atoms in total. The van der Waals surface area contributed by atoms with Gasteiger partial charge < -0.3 is 19.8 Å². The number of alkyl halides is 3. The molecule has 1 amide bonds. The predicted molar refractivity (Wildman–Crippen MR) is 97.8 cm³/mol. The van der Waals surface area contributed by atoms with Crippen LogP contribution in [0.4, 0.5) is 13.2 Å². The van der Waals surface area contributed by atoms with Gasteiger partial charge in [0.25, 0.3) is 5.91 Å². The van der Waals surface area contributed by atoms with E-state index < -0.39 is 24.7 Å². The molecule has 0 spiro atoms. The van der Waals surface area contributed by atoms with Gasteiger partial charge in [-0.2, -0.15) is 13.2 Å². The maximum absolute atomic E-state index is 12.5. The summed E-state index contributed by atoms with van der Waals surface area (Å²) >= 11 is 0. The predicted octanol–water partition coefficient (Wildman–Crippen LogP) is 3.46. The number of esters is 1. The van der Waals surface area contributed by atoms with E-state index in [2.05, 4.69) is 15.3 Å². The second-order valence-electron chi connectivity index (χ2n) is 6.63. The number of ether oxygens (including phenoxy) is 2. The number of carbonyl (C=O) groups is 2. The van der Waals surface area contributed by atoms with Gasteiger partial charge in [0.1, 0.15) is 5.69 Å². The Bertz CT molecular complexity index is 891. The molecule has 2 aromatic heterocycles. The molecule has 0 bridgehead atoms. The lowest BCUT2D eigenvalue weighted by Crippen LogP contribution is -2.25. The lowest BCUT2D eigenvalue weighted by molar-refractivity contribution is -0.154. The number of aromatic amines is 1. The van der Waals surface area contributed by atoms with Crippen molar-refractivity contribution < 1.29 is 32.2 Å². The van der Waals surface area contributed by atoms with Crippen molar-refractivity contribution in [3.05, 3.63) is 46.4 Å². The summed E-state index contributed by atoms with van der Waals surface area (Å²) in [4.78, 5) is 31.4. The topological polar surface area (TPSA) is 93.3 Å². The summed E-state index contributed by atoms with van der Waals surface area (Å²) in [5.41, 5.74) is 1.63. The van der Waals surface area contributed by atoms with Crippen molar-refractivity contribution in [3.8, 4) is 5.88 Å². The van der Waals surface area contributed by atoms with Crippen LogP contribution in [0.1, 0.15) is 51.5 Å². The minimum Gasteiger partial charge on any atom is -0.468 e. The lowest BCUT2D eigenvalue weighted by Gasteiger charge is -2.12. The quantitative estimate of drug-likeness (QED) is 0.678. The number of H-pyrrole nitrogens is 1. The number of pyridine rings is 1. The zero-order valence-electron chi connectivity index (χ0n) is 16.4. The SMILES string of the molecule is Cc1[nH]c(C(=O)NCc2cccnc2OCC(F)(F)F)c(C)c1C(=O)OC(C)C. The fourth-order valence-corrected chi connectivity index (χ4v) is 2.66. The van der Waals surface area contributed by atoms with Crippen LogP contribution in [0.25, 0.3) is 0 Å². The first-order valence-electron chi connectivity index (χ1n) is 8.81. The summed E-state index contributed by atoms with van der Waals surface area (Å²) in [5, 5.41) is 2.59. The Morgan fingerprint density at radius 3 is 2.59 bits per heavy atom. The summed E-state index contributed by atoms with van der Waals surface area (Å²) in [6.45, 7) is 5.09. The van der Waals surface area contributed by atoms with E-state index in [0.29, 0.717) is 11.3 Å². The highest BCUT2D eigenvalue weighted by Gasteiger charge is 2.29. The molecule has 2 heterocycles. The van der Waals surface area contributed by atoms with Gasteiger partial charge in [0.05, 0.1) is 11.7 Å². The molecule has 10 heteroatoms. The van der Waals surface area contributed by atoms with E-state index in [-0.39, 0.29) is 35.3 Å². The molecule has 2 rings (SSSR count). The molecular formula is C19H22F3N3O4. The van der Waals surface area contributed by atoms with Crippen LogP contribution in [-0.2, 0) is 11.3 Å². The lowest BCUT2D eigenvalue weighted by atomic mass is 10.1. The largest absolute Gasteiger partial charge is 0.468 e. The van der Waals surface area contributed by atoms with Gasteiger partial charge in [-0.05, 0) is 39.3 Å². The zero-order valence-corrected chi connectivity index (χ0v) is 16.4. The van der Waals surface area contributed by atoms with Crippen LogP contribution in [0.2, 0.25) is 0 Å². The minimum absolute atomic E-state index is 0.108. The Labute approximate surface area is 165 Å². The zero-order chi connectivity index (χ0) is 21.8. The van der Waals surface area contributed by atoms with Crippen LogP contribution in [0, 0.1) is 13.8 Å². The fourth-order valence-electron chi connectivity index (χ4n) is 2.66. The second kappa shape index (κ2) is 8.97. The number of carbonyl (C=O) groups excluding carboxylic acids is 2. The number of aromatic nitrogens is 2. The number of rotatable bonds is 7. The molecule has 0 aliphatic rings. The third-order valence-electron chi connectivity index (χ3n) is 3.87. The maximum atomic E-state index is 12.5. The van der Waals surface area contributed by atoms with Crippen molar-refractivity contribution in [3.63, 3.8) is 0 Å². The van der Waals surface area contributed by atoms with E-state index in [1.54, 1.807) is 27.7 Å². The van der Waals surface area contributed by atoms with Gasteiger partial charge >= 0.3 is 12.1 Å². The standard InChI is InChI=1S/C19H22F3N3O4/c1-10(2)29-18(27)14-11(3)15(25-12(14)4)16(26)24-8-13-6-5-7-23-17(13)28-9-19(20,21)22/h5-7,10,25H,8-9H2,1-4H3,(H,24,26). The van der Waals surface area contributed by atoms with Gasteiger partial charge in [0.15, 0.2) is 6.61 Å². The van der Waals surface area contributed by atoms with Crippen LogP contribution >= 0.6 is 0 Å². The smallest absolute Gasteiger partial charge is 0.422 e. The molecule has 2 aromatic rings. The number of nitrogens with one attached hydrogen (secondary N) is 2. The number of amides is 1. The van der Waals surface area contributed by atoms with Crippen molar-refractivity contribution in [1.29, 1.82) is 0 Å². The van der Waals surface area contributed by atoms with Crippen LogP contribution < -0.4 is 10.1 Å². The summed E-state index contributed by atoms with van der Waals surface area (Å²) in [5.74, 6) is -1.29. The number of hydrogen-bond donors (Lipinski definition) is 2. The highest BCUT2D eigenvalue weighted by molar-refractivity contribution is 6.00. The normalized spacial score (nSPS) is 11.4. The Kier molecular flexibility index (Phi) is 6.89. The van der Waals surface area contributed by atoms with Crippen molar-refractivity contribution in [2.24, 2.45) is 0 Å². The summed E-state index contributed by atoms with van der Waals surface area (Å²) < 4.78 is 47.0. The Hall–Kier alpha value is -3.04. The van der Waals surface area contributed by atoms with E-state index in [1.165, 1.54) is 18.3 Å². The highest BCUT2D eigenvalue weighted by Crippen LogP contribution is 2.22. The summed E-state index contributed by atoms with van der Waals surface area (Å²) in [6.07, 6.45) is -3.52. The average molecular weight is 413 g/mol. The minimum atomic E-state index is -4.50. The number of hydrogen-bond acceptors (Lipinski definition) is 5. The van der Waals surface area contributed by atoms with Crippen molar-refractivity contribution in [1.82, 2.24) is 15.3 Å². The monoisotopic (exact) mass is 413 g/mol. The fraction of sp³-hybridized carbons (Fsp3) is 0.421. The highest BCUT2D eigenvalue weighted by atomic mass is 19.4. The van der Waals surface area contributed by atoms with Crippen molar-refractivity contribution in [2.45, 2.75) is 46.5 Å². The number of aryl methyl sites for hydroxylation is 1. The number of nitrogens with zero attached hydrogens (tertiary/aromatic N) is 1. The van der Waals surface area contributed by atoms with Gasteiger partial charge in [-0.15, -0.1) is 0 Å². The molecule has 0 saturated carbocycles. The van der Waals surface area contributed by atoms with Gasteiger partial charge in [-0.25, -0.2) is 9.78 Å².